The van der Waals surface area contributed by atoms with Crippen LogP contribution in [0.3, 0.4) is 0 Å². The first-order valence-corrected chi connectivity index (χ1v) is 25.8. The van der Waals surface area contributed by atoms with Crippen molar-refractivity contribution in [3.05, 3.63) is 266 Å². The van der Waals surface area contributed by atoms with Gasteiger partial charge in [0.2, 0.25) is 0 Å². The predicted octanol–water partition coefficient (Wildman–Crippen LogP) is 19.3. The van der Waals surface area contributed by atoms with E-state index in [9.17, 15) is 26.3 Å². The summed E-state index contributed by atoms with van der Waals surface area (Å²) >= 11 is 0. The third-order valence-corrected chi connectivity index (χ3v) is 15.0. The molecule has 15 heteroatoms. The van der Waals surface area contributed by atoms with Crippen molar-refractivity contribution in [1.82, 2.24) is 9.13 Å². The largest absolute Gasteiger partial charge is 0.415 e. The van der Waals surface area contributed by atoms with E-state index in [-0.39, 0.29) is 67.5 Å². The number of benzene rings is 10. The smallest absolute Gasteiger partial charge is 0.309 e. The van der Waals surface area contributed by atoms with Gasteiger partial charge in [0, 0.05) is 54.9 Å². The molecule has 0 aliphatic heterocycles. The molecule has 12 rings (SSSR count). The fourth-order valence-electron chi connectivity index (χ4n) is 11.3. The molecule has 12 nitrogen and oxygen atoms in total. The molecule has 0 saturated carbocycles. The van der Waals surface area contributed by atoms with Crippen LogP contribution in [-0.4, -0.2) is 9.13 Å². The van der Waals surface area contributed by atoms with E-state index >= 15 is 13.2 Å². The van der Waals surface area contributed by atoms with Crippen molar-refractivity contribution in [3.8, 4) is 97.4 Å². The Balaban J connectivity index is 1.31. The van der Waals surface area contributed by atoms with Crippen LogP contribution < -0.4 is 0 Å². The normalized spacial score (nSPS) is 10.8. The minimum Gasteiger partial charge on any atom is -0.309 e. The number of hydrogen-bond acceptors (Lipinski definition) is 5. The molecule has 12 aromatic rings. The molecule has 0 atom stereocenters. The van der Waals surface area contributed by atoms with E-state index in [1.807, 2.05) is 24.3 Å². The Hall–Kier alpha value is -13.5. The quantitative estimate of drug-likeness (QED) is 0.146. The van der Waals surface area contributed by atoms with Gasteiger partial charge in [0.15, 0.2) is 28.4 Å². The van der Waals surface area contributed by atoms with Gasteiger partial charge in [0.1, 0.15) is 0 Å². The summed E-state index contributed by atoms with van der Waals surface area (Å²) in [5.41, 5.74) is 4.72. The molecule has 0 aliphatic rings. The molecule has 0 spiro atoms. The lowest BCUT2D eigenvalue weighted by Gasteiger charge is -2.24. The maximum absolute atomic E-state index is 16.3. The van der Waals surface area contributed by atoms with E-state index in [4.69, 9.17) is 32.9 Å². The Bertz CT molecular complexity index is 4800. The number of hydrogen-bond donors (Lipinski definition) is 0. The van der Waals surface area contributed by atoms with Crippen molar-refractivity contribution < 1.29 is 13.2 Å². The van der Waals surface area contributed by atoms with Crippen LogP contribution in [0.4, 0.5) is 41.6 Å². The van der Waals surface area contributed by atoms with Gasteiger partial charge >= 0.3 is 6.18 Å². The van der Waals surface area contributed by atoms with Gasteiger partial charge in [-0.2, -0.15) is 39.5 Å². The molecule has 86 heavy (non-hydrogen) atoms. The minimum atomic E-state index is -5.10. The molecule has 0 N–H and O–H groups in total. The van der Waals surface area contributed by atoms with Crippen molar-refractivity contribution >= 4 is 72.0 Å². The van der Waals surface area contributed by atoms with Gasteiger partial charge < -0.3 is 9.13 Å². The van der Waals surface area contributed by atoms with E-state index in [2.05, 4.69) is 54.6 Å². The second-order valence-electron chi connectivity index (χ2n) is 19.9. The van der Waals surface area contributed by atoms with Crippen LogP contribution in [0.1, 0.15) is 33.4 Å². The topological polar surface area (TPSA) is 151 Å². The number of fused-ring (bicyclic) bond motifs is 6. The van der Waals surface area contributed by atoms with Crippen LogP contribution in [-0.2, 0) is 6.18 Å². The van der Waals surface area contributed by atoms with Crippen LogP contribution in [0.25, 0.3) is 135 Å². The lowest BCUT2D eigenvalue weighted by atomic mass is 9.92. The maximum atomic E-state index is 16.3. The Morgan fingerprint density at radius 2 is 0.628 bits per heavy atom. The zero-order valence-corrected chi connectivity index (χ0v) is 44.2. The second-order valence-corrected chi connectivity index (χ2v) is 19.9. The number of nitrogens with zero attached hydrogens (tertiary/aromatic N) is 12. The highest BCUT2D eigenvalue weighted by molar-refractivity contribution is 6.15. The van der Waals surface area contributed by atoms with Crippen molar-refractivity contribution in [2.45, 2.75) is 6.18 Å². The molecule has 0 saturated heterocycles. The molecule has 0 radical (unpaired) electrons. The van der Waals surface area contributed by atoms with E-state index in [1.165, 1.54) is 42.5 Å². The second kappa shape index (κ2) is 20.9. The summed E-state index contributed by atoms with van der Waals surface area (Å²) in [6.45, 7) is 40.1. The molecule has 0 unspecified atom stereocenters. The summed E-state index contributed by atoms with van der Waals surface area (Å²) < 4.78 is 52.2. The number of alkyl halides is 3. The van der Waals surface area contributed by atoms with Crippen LogP contribution in [0, 0.1) is 89.5 Å². The molecule has 2 heterocycles. The Kier molecular flexibility index (Phi) is 12.9. The van der Waals surface area contributed by atoms with Gasteiger partial charge in [0.05, 0.1) is 108 Å². The maximum Gasteiger partial charge on any atom is 0.415 e. The van der Waals surface area contributed by atoms with Crippen molar-refractivity contribution in [3.63, 3.8) is 0 Å². The molecule has 394 valence electrons. The molecule has 0 amide bonds. The van der Waals surface area contributed by atoms with Gasteiger partial charge in [-0.3, -0.25) is 0 Å². The first-order valence-electron chi connectivity index (χ1n) is 25.8. The first kappa shape index (κ1) is 53.1. The standard InChI is InChI=1S/C71H29F3N12/c1-80-53-21-40(35-75)17-49(27-53)45-9-13-57-58-14-10-46(50-18-41(36-76)22-54(28-50)81-2)32-64(58)85(63(57)31-45)67-25-44(39-79)26-68(70(67)69-61(71(72,73)74)7-6-8-62(69)84-5)86-65-33-47(51-19-42(37-77)23-55(29-51)82-3)11-15-59(65)60-16-12-48(34-66(60)86)52-20-43(38-78)24-56(30-52)83-4/h6-34H. The summed E-state index contributed by atoms with van der Waals surface area (Å²) in [4.78, 5) is 18.2. The number of halogens is 3. The minimum absolute atomic E-state index is 0.00402. The summed E-state index contributed by atoms with van der Waals surface area (Å²) in [5, 5.41) is 54.0. The van der Waals surface area contributed by atoms with E-state index in [0.717, 1.165) is 12.1 Å². The Labute approximate surface area is 488 Å². The molecular formula is C71H29F3N12. The van der Waals surface area contributed by atoms with E-state index in [1.54, 1.807) is 106 Å². The average Bonchev–Trinajstić information content (AvgIpc) is 1.54. The van der Waals surface area contributed by atoms with Crippen LogP contribution >= 0.6 is 0 Å². The van der Waals surface area contributed by atoms with Crippen molar-refractivity contribution in [2.24, 2.45) is 0 Å². The SMILES string of the molecule is [C-]#[N+]c1cc(C#N)cc(-c2ccc3c4ccc(-c5cc(C#N)cc([N+]#[C-])c5)cc4n(-c4cc(C#N)cc(-n5c6cc(-c7cc(C#N)cc([N+]#[C-])c7)ccc6c6ccc(-c7cc(C#N)cc([N+]#[C-])c7)cc65)c4-c4c([N+]#[C-])cccc4C(F)(F)F)c3c2)c1. The lowest BCUT2D eigenvalue weighted by Crippen LogP contribution is -2.11. The zero-order valence-electron chi connectivity index (χ0n) is 44.2. The van der Waals surface area contributed by atoms with Crippen molar-refractivity contribution in [1.29, 1.82) is 26.3 Å². The van der Waals surface area contributed by atoms with Gasteiger partial charge in [-0.15, -0.1) is 0 Å². The zero-order chi connectivity index (χ0) is 60.1. The molecule has 0 aliphatic carbocycles. The third-order valence-electron chi connectivity index (χ3n) is 15.0. The van der Waals surface area contributed by atoms with Gasteiger partial charge in [-0.25, -0.2) is 24.2 Å². The molecule has 2 aromatic heterocycles. The highest BCUT2D eigenvalue weighted by Gasteiger charge is 2.37. The molecule has 0 fully saturated rings. The van der Waals surface area contributed by atoms with E-state index in [0.29, 0.717) is 88.1 Å². The van der Waals surface area contributed by atoms with Crippen LogP contribution in [0.2, 0.25) is 0 Å². The Morgan fingerprint density at radius 3 is 0.895 bits per heavy atom. The highest BCUT2D eigenvalue weighted by atomic mass is 19.4. The molecule has 0 bridgehead atoms. The number of nitriles is 5. The fourth-order valence-corrected chi connectivity index (χ4v) is 11.3. The monoisotopic (exact) mass is 1110 g/mol. The highest BCUT2D eigenvalue weighted by Crippen LogP contribution is 2.51. The van der Waals surface area contributed by atoms with E-state index < -0.39 is 23.0 Å². The summed E-state index contributed by atoms with van der Waals surface area (Å²) in [6.07, 6.45) is -5.10. The summed E-state index contributed by atoms with van der Waals surface area (Å²) in [6, 6.07) is 57.3. The number of aromatic nitrogens is 2. The molecular weight excluding hydrogens is 1080 g/mol. The number of rotatable bonds is 7. The summed E-state index contributed by atoms with van der Waals surface area (Å²) in [5.74, 6) is 0. The Morgan fingerprint density at radius 1 is 0.326 bits per heavy atom. The van der Waals surface area contributed by atoms with Crippen molar-refractivity contribution in [2.75, 3.05) is 0 Å². The molecule has 10 aromatic carbocycles. The first-order chi connectivity index (χ1) is 41.7. The van der Waals surface area contributed by atoms with Gasteiger partial charge in [-0.05, 0) is 154 Å². The lowest BCUT2D eigenvalue weighted by molar-refractivity contribution is -0.137. The summed E-state index contributed by atoms with van der Waals surface area (Å²) in [7, 11) is 0. The predicted molar refractivity (Wildman–Crippen MR) is 322 cm³/mol. The van der Waals surface area contributed by atoms with Gasteiger partial charge in [0.25, 0.3) is 0 Å². The third kappa shape index (κ3) is 9.00. The van der Waals surface area contributed by atoms with Crippen LogP contribution in [0.15, 0.2) is 176 Å². The van der Waals surface area contributed by atoms with Crippen LogP contribution in [0.5, 0.6) is 0 Å². The average molecular weight is 1110 g/mol. The van der Waals surface area contributed by atoms with Gasteiger partial charge in [-0.1, -0.05) is 66.7 Å². The fraction of sp³-hybridized carbons (Fsp3) is 0.0141.